The molecule has 0 bridgehead atoms. The lowest BCUT2D eigenvalue weighted by atomic mass is 10.1. The number of nitrogens with one attached hydrogen (secondary N) is 2. The zero-order chi connectivity index (χ0) is 15.4. The minimum atomic E-state index is -0.165. The van der Waals surface area contributed by atoms with Gasteiger partial charge in [-0.15, -0.1) is 6.42 Å². The molecular weight excluding hydrogens is 274 g/mol. The summed E-state index contributed by atoms with van der Waals surface area (Å²) in [6.45, 7) is 1.64. The number of amidine groups is 1. The van der Waals surface area contributed by atoms with Gasteiger partial charge in [-0.2, -0.15) is 0 Å². The summed E-state index contributed by atoms with van der Waals surface area (Å²) in [7, 11) is 0. The maximum absolute atomic E-state index is 12.2. The molecule has 3 rings (SSSR count). The van der Waals surface area contributed by atoms with Gasteiger partial charge in [0.2, 0.25) is 0 Å². The van der Waals surface area contributed by atoms with Crippen LogP contribution in [0.1, 0.15) is 21.5 Å². The van der Waals surface area contributed by atoms with Crippen molar-refractivity contribution in [1.82, 2.24) is 5.32 Å². The maximum Gasteiger partial charge on any atom is 0.255 e. The van der Waals surface area contributed by atoms with E-state index in [2.05, 4.69) is 21.5 Å². The Morgan fingerprint density at radius 1 is 1.23 bits per heavy atom. The first-order chi connectivity index (χ1) is 10.8. The number of aliphatic imine (C=N–C) groups is 1. The third-order valence-corrected chi connectivity index (χ3v) is 3.38. The van der Waals surface area contributed by atoms with Crippen LogP contribution in [0.2, 0.25) is 0 Å². The van der Waals surface area contributed by atoms with E-state index in [0.29, 0.717) is 5.56 Å². The van der Waals surface area contributed by atoms with Crippen LogP contribution in [0.15, 0.2) is 53.5 Å². The SMILES string of the molecule is C#Cc1ccc(C(=O)Nc2cccc(C3=NCCN3)c2)cc1. The van der Waals surface area contributed by atoms with Crippen LogP contribution in [0.4, 0.5) is 5.69 Å². The first-order valence-corrected chi connectivity index (χ1v) is 7.03. The second-order valence-electron chi connectivity index (χ2n) is 4.91. The fraction of sp³-hybridized carbons (Fsp3) is 0.111. The topological polar surface area (TPSA) is 53.5 Å². The smallest absolute Gasteiger partial charge is 0.255 e. The van der Waals surface area contributed by atoms with Gasteiger partial charge in [0.25, 0.3) is 5.91 Å². The van der Waals surface area contributed by atoms with Gasteiger partial charge in [-0.1, -0.05) is 18.1 Å². The van der Waals surface area contributed by atoms with Gasteiger partial charge in [-0.3, -0.25) is 9.79 Å². The van der Waals surface area contributed by atoms with Gasteiger partial charge in [0, 0.05) is 28.9 Å². The minimum absolute atomic E-state index is 0.165. The molecule has 0 saturated carbocycles. The van der Waals surface area contributed by atoms with E-state index in [-0.39, 0.29) is 5.91 Å². The molecule has 0 aromatic heterocycles. The van der Waals surface area contributed by atoms with Crippen LogP contribution in [0.25, 0.3) is 0 Å². The lowest BCUT2D eigenvalue weighted by Crippen LogP contribution is -2.19. The maximum atomic E-state index is 12.2. The monoisotopic (exact) mass is 289 g/mol. The van der Waals surface area contributed by atoms with Crippen molar-refractivity contribution in [3.05, 3.63) is 65.2 Å². The highest BCUT2D eigenvalue weighted by Crippen LogP contribution is 2.14. The second-order valence-corrected chi connectivity index (χ2v) is 4.91. The molecule has 0 spiro atoms. The quantitative estimate of drug-likeness (QED) is 0.852. The standard InChI is InChI=1S/C18H15N3O/c1-2-13-6-8-14(9-7-13)18(22)21-16-5-3-4-15(12-16)17-19-10-11-20-17/h1,3-9,12H,10-11H2,(H,19,20)(H,21,22). The van der Waals surface area contributed by atoms with Gasteiger partial charge in [-0.05, 0) is 36.4 Å². The Hall–Kier alpha value is -3.06. The van der Waals surface area contributed by atoms with Crippen LogP contribution in [0, 0.1) is 12.3 Å². The molecule has 2 aromatic carbocycles. The van der Waals surface area contributed by atoms with Crippen molar-refractivity contribution in [2.45, 2.75) is 0 Å². The number of rotatable bonds is 3. The molecule has 0 atom stereocenters. The van der Waals surface area contributed by atoms with Crippen molar-refractivity contribution in [3.63, 3.8) is 0 Å². The van der Waals surface area contributed by atoms with E-state index in [4.69, 9.17) is 6.42 Å². The Kier molecular flexibility index (Phi) is 3.88. The van der Waals surface area contributed by atoms with Crippen LogP contribution in [0.5, 0.6) is 0 Å². The Labute approximate surface area is 129 Å². The summed E-state index contributed by atoms with van der Waals surface area (Å²) in [6.07, 6.45) is 5.31. The van der Waals surface area contributed by atoms with E-state index < -0.39 is 0 Å². The van der Waals surface area contributed by atoms with E-state index in [1.807, 2.05) is 24.3 Å². The Bertz CT molecular complexity index is 770. The molecule has 2 aromatic rings. The highest BCUT2D eigenvalue weighted by molar-refractivity contribution is 6.05. The second kappa shape index (κ2) is 6.15. The van der Waals surface area contributed by atoms with Gasteiger partial charge >= 0.3 is 0 Å². The molecule has 0 radical (unpaired) electrons. The molecular formula is C18H15N3O. The first kappa shape index (κ1) is 13.9. The van der Waals surface area contributed by atoms with E-state index in [1.165, 1.54) is 0 Å². The van der Waals surface area contributed by atoms with Crippen molar-refractivity contribution < 1.29 is 4.79 Å². The molecule has 0 aliphatic carbocycles. The average Bonchev–Trinajstić information content (AvgIpc) is 3.10. The summed E-state index contributed by atoms with van der Waals surface area (Å²) in [4.78, 5) is 16.6. The number of terminal acetylenes is 1. The predicted molar refractivity (Wildman–Crippen MR) is 88.2 cm³/mol. The third kappa shape index (κ3) is 2.99. The molecule has 4 heteroatoms. The fourth-order valence-electron chi connectivity index (χ4n) is 2.26. The van der Waals surface area contributed by atoms with Crippen molar-refractivity contribution in [2.24, 2.45) is 4.99 Å². The molecule has 1 aliphatic rings. The number of carbonyl (C=O) groups is 1. The molecule has 0 fully saturated rings. The summed E-state index contributed by atoms with van der Waals surface area (Å²) >= 11 is 0. The Morgan fingerprint density at radius 2 is 2.05 bits per heavy atom. The van der Waals surface area contributed by atoms with E-state index in [0.717, 1.165) is 35.7 Å². The number of carbonyl (C=O) groups excluding carboxylic acids is 1. The highest BCUT2D eigenvalue weighted by atomic mass is 16.1. The van der Waals surface area contributed by atoms with Crippen LogP contribution in [-0.4, -0.2) is 24.8 Å². The van der Waals surface area contributed by atoms with Crippen molar-refractivity contribution >= 4 is 17.4 Å². The molecule has 22 heavy (non-hydrogen) atoms. The summed E-state index contributed by atoms with van der Waals surface area (Å²) < 4.78 is 0. The van der Waals surface area contributed by atoms with E-state index in [1.54, 1.807) is 24.3 Å². The van der Waals surface area contributed by atoms with Crippen LogP contribution in [0.3, 0.4) is 0 Å². The minimum Gasteiger partial charge on any atom is -0.368 e. The lowest BCUT2D eigenvalue weighted by molar-refractivity contribution is 0.102. The summed E-state index contributed by atoms with van der Waals surface area (Å²) in [5, 5.41) is 6.10. The molecule has 0 unspecified atom stereocenters. The molecule has 2 N–H and O–H groups in total. The van der Waals surface area contributed by atoms with E-state index in [9.17, 15) is 4.79 Å². The average molecular weight is 289 g/mol. The lowest BCUT2D eigenvalue weighted by Gasteiger charge is -2.08. The summed E-state index contributed by atoms with van der Waals surface area (Å²) in [5.74, 6) is 3.23. The summed E-state index contributed by atoms with van der Waals surface area (Å²) in [6, 6.07) is 14.6. The molecule has 1 heterocycles. The van der Waals surface area contributed by atoms with Gasteiger partial charge in [-0.25, -0.2) is 0 Å². The largest absolute Gasteiger partial charge is 0.368 e. The highest BCUT2D eigenvalue weighted by Gasteiger charge is 2.10. The van der Waals surface area contributed by atoms with Gasteiger partial charge in [0.1, 0.15) is 5.84 Å². The molecule has 0 saturated heterocycles. The Balaban J connectivity index is 1.76. The van der Waals surface area contributed by atoms with Gasteiger partial charge < -0.3 is 10.6 Å². The molecule has 4 nitrogen and oxygen atoms in total. The molecule has 108 valence electrons. The zero-order valence-electron chi connectivity index (χ0n) is 12.0. The number of anilines is 1. The van der Waals surface area contributed by atoms with Crippen molar-refractivity contribution in [1.29, 1.82) is 0 Å². The first-order valence-electron chi connectivity index (χ1n) is 7.03. The third-order valence-electron chi connectivity index (χ3n) is 3.38. The van der Waals surface area contributed by atoms with E-state index >= 15 is 0 Å². The molecule has 1 aliphatic heterocycles. The normalized spacial score (nSPS) is 13.0. The van der Waals surface area contributed by atoms with Crippen LogP contribution >= 0.6 is 0 Å². The number of hydrogen-bond donors (Lipinski definition) is 2. The summed E-state index contributed by atoms with van der Waals surface area (Å²) in [5.41, 5.74) is 3.03. The van der Waals surface area contributed by atoms with Crippen molar-refractivity contribution in [2.75, 3.05) is 18.4 Å². The van der Waals surface area contributed by atoms with Crippen LogP contribution < -0.4 is 10.6 Å². The van der Waals surface area contributed by atoms with Gasteiger partial charge in [0.15, 0.2) is 0 Å². The fourth-order valence-corrected chi connectivity index (χ4v) is 2.26. The number of benzene rings is 2. The molecule has 1 amide bonds. The van der Waals surface area contributed by atoms with Crippen molar-refractivity contribution in [3.8, 4) is 12.3 Å². The van der Waals surface area contributed by atoms with Gasteiger partial charge in [0.05, 0.1) is 6.54 Å². The Morgan fingerprint density at radius 3 is 2.73 bits per heavy atom. The number of hydrogen-bond acceptors (Lipinski definition) is 3. The van der Waals surface area contributed by atoms with Crippen LogP contribution in [-0.2, 0) is 0 Å². The number of nitrogens with zero attached hydrogens (tertiary/aromatic N) is 1. The zero-order valence-corrected chi connectivity index (χ0v) is 12.0. The predicted octanol–water partition coefficient (Wildman–Crippen LogP) is 2.27. The number of amides is 1.